The van der Waals surface area contributed by atoms with Crippen LogP contribution in [0.1, 0.15) is 11.1 Å². The van der Waals surface area contributed by atoms with Crippen molar-refractivity contribution in [3.63, 3.8) is 0 Å². The van der Waals surface area contributed by atoms with Crippen LogP contribution in [0.5, 0.6) is 0 Å². The summed E-state index contributed by atoms with van der Waals surface area (Å²) in [5.41, 5.74) is 1.30. The number of alkyl halides is 1. The molecule has 0 atom stereocenters. The van der Waals surface area contributed by atoms with Crippen molar-refractivity contribution in [3.8, 4) is 0 Å². The van der Waals surface area contributed by atoms with E-state index in [0.29, 0.717) is 16.0 Å². The number of hydrogen-bond donors (Lipinski definition) is 1. The predicted molar refractivity (Wildman–Crippen MR) is 69.3 cm³/mol. The van der Waals surface area contributed by atoms with Crippen LogP contribution in [-0.4, -0.2) is 25.3 Å². The summed E-state index contributed by atoms with van der Waals surface area (Å²) in [5, 5.41) is 11.6. The molecule has 0 radical (unpaired) electrons. The fourth-order valence-electron chi connectivity index (χ4n) is 1.45. The smallest absolute Gasteiger partial charge is 0.179 e. The highest BCUT2D eigenvalue weighted by Crippen LogP contribution is 2.29. The van der Waals surface area contributed by atoms with Crippen LogP contribution >= 0.6 is 23.6 Å². The molecule has 1 rings (SSSR count). The van der Waals surface area contributed by atoms with E-state index in [1.165, 1.54) is 0 Å². The Balaban J connectivity index is 3.15. The molecule has 0 unspecified atom stereocenters. The van der Waals surface area contributed by atoms with Crippen molar-refractivity contribution in [2.75, 3.05) is 11.6 Å². The molecular formula is C10H13ClO5S2. The quantitative estimate of drug-likeness (QED) is 0.377. The van der Waals surface area contributed by atoms with E-state index in [2.05, 4.69) is 9.37 Å². The molecule has 18 heavy (non-hydrogen) atoms. The van der Waals surface area contributed by atoms with Crippen LogP contribution in [0.2, 0.25) is 0 Å². The molecule has 0 aliphatic rings. The number of halogens is 1. The maximum Gasteiger partial charge on any atom is 0.179 e. The second-order valence-corrected chi connectivity index (χ2v) is 6.82. The molecule has 0 spiro atoms. The van der Waals surface area contributed by atoms with Gasteiger partial charge in [0.15, 0.2) is 9.84 Å². The predicted octanol–water partition coefficient (Wildman–Crippen LogP) is 2.74. The van der Waals surface area contributed by atoms with E-state index >= 15 is 0 Å². The molecule has 0 aromatic heterocycles. The molecule has 5 nitrogen and oxygen atoms in total. The van der Waals surface area contributed by atoms with Crippen LogP contribution in [0.4, 0.5) is 0 Å². The van der Waals surface area contributed by atoms with Gasteiger partial charge in [-0.3, -0.25) is 0 Å². The van der Waals surface area contributed by atoms with Gasteiger partial charge in [-0.15, -0.1) is 15.9 Å². The van der Waals surface area contributed by atoms with Crippen LogP contribution in [0.15, 0.2) is 21.9 Å². The van der Waals surface area contributed by atoms with Crippen molar-refractivity contribution in [2.24, 2.45) is 0 Å². The van der Waals surface area contributed by atoms with Crippen LogP contribution in [0.3, 0.4) is 0 Å². The summed E-state index contributed by atoms with van der Waals surface area (Å²) in [7, 11) is -3.36. The minimum atomic E-state index is -3.36. The van der Waals surface area contributed by atoms with Gasteiger partial charge in [-0.05, 0) is 37.1 Å². The highest BCUT2D eigenvalue weighted by Gasteiger charge is 2.18. The molecule has 0 fully saturated rings. The van der Waals surface area contributed by atoms with Gasteiger partial charge in [-0.1, -0.05) is 5.04 Å². The molecule has 0 saturated carbocycles. The Morgan fingerprint density at radius 2 is 2.00 bits per heavy atom. The number of sulfone groups is 1. The van der Waals surface area contributed by atoms with Gasteiger partial charge in [-0.2, -0.15) is 0 Å². The topological polar surface area (TPSA) is 72.8 Å². The summed E-state index contributed by atoms with van der Waals surface area (Å²) in [5.74, 6) is -0.0453. The molecular weight excluding hydrogens is 300 g/mol. The molecule has 1 aromatic carbocycles. The van der Waals surface area contributed by atoms with Crippen molar-refractivity contribution in [3.05, 3.63) is 23.3 Å². The lowest BCUT2D eigenvalue weighted by molar-refractivity contribution is -0.432. The van der Waals surface area contributed by atoms with Crippen LogP contribution in [0, 0.1) is 13.8 Å². The van der Waals surface area contributed by atoms with Gasteiger partial charge in [-0.25, -0.2) is 13.7 Å². The molecule has 0 amide bonds. The van der Waals surface area contributed by atoms with E-state index in [-0.39, 0.29) is 16.5 Å². The monoisotopic (exact) mass is 312 g/mol. The number of aryl methyl sites for hydroxylation is 2. The highest BCUT2D eigenvalue weighted by atomic mass is 35.5. The number of benzene rings is 1. The minimum Gasteiger partial charge on any atom is -0.224 e. The molecule has 0 aliphatic heterocycles. The van der Waals surface area contributed by atoms with Gasteiger partial charge in [0.1, 0.15) is 0 Å². The van der Waals surface area contributed by atoms with E-state index in [0.717, 1.165) is 12.0 Å². The van der Waals surface area contributed by atoms with E-state index in [4.69, 9.17) is 16.9 Å². The van der Waals surface area contributed by atoms with Gasteiger partial charge in [0, 0.05) is 10.8 Å². The van der Waals surface area contributed by atoms with Crippen molar-refractivity contribution < 1.29 is 23.0 Å². The Kier molecular flexibility index (Phi) is 5.90. The van der Waals surface area contributed by atoms with Gasteiger partial charge in [0.2, 0.25) is 0 Å². The first kappa shape index (κ1) is 15.7. The summed E-state index contributed by atoms with van der Waals surface area (Å²) in [6, 6.07) is 3.21. The lowest BCUT2D eigenvalue weighted by Gasteiger charge is -2.10. The van der Waals surface area contributed by atoms with Crippen molar-refractivity contribution >= 4 is 33.5 Å². The fourth-order valence-corrected chi connectivity index (χ4v) is 3.91. The van der Waals surface area contributed by atoms with Crippen LogP contribution in [0.25, 0.3) is 0 Å². The third kappa shape index (κ3) is 3.84. The van der Waals surface area contributed by atoms with Crippen molar-refractivity contribution in [1.82, 2.24) is 0 Å². The summed E-state index contributed by atoms with van der Waals surface area (Å²) < 4.78 is 28.2. The normalized spacial score (nSPS) is 11.8. The average molecular weight is 313 g/mol. The third-order valence-corrected chi connectivity index (χ3v) is 5.32. The van der Waals surface area contributed by atoms with Crippen molar-refractivity contribution in [1.29, 1.82) is 0 Å². The van der Waals surface area contributed by atoms with E-state index in [9.17, 15) is 8.42 Å². The second kappa shape index (κ2) is 6.74. The SMILES string of the molecule is Cc1cc(S(=O)(=O)CCCl)c(C)cc1SOOO. The van der Waals surface area contributed by atoms with Gasteiger partial charge in [0.25, 0.3) is 0 Å². The molecule has 0 saturated heterocycles. The first-order valence-electron chi connectivity index (χ1n) is 4.97. The standard InChI is InChI=1S/C10H13ClO5S2/c1-7-6-10(18(13,14)4-3-11)8(2)5-9(7)17-16-15-12/h5-6,12H,3-4H2,1-2H3. The maximum atomic E-state index is 11.9. The van der Waals surface area contributed by atoms with Gasteiger partial charge in [0.05, 0.1) is 22.7 Å². The van der Waals surface area contributed by atoms with E-state index in [1.807, 2.05) is 0 Å². The molecule has 1 aromatic rings. The van der Waals surface area contributed by atoms with Gasteiger partial charge < -0.3 is 0 Å². The average Bonchev–Trinajstić information content (AvgIpc) is 2.29. The van der Waals surface area contributed by atoms with Crippen molar-refractivity contribution in [2.45, 2.75) is 23.6 Å². The Hall–Kier alpha value is -0.310. The lowest BCUT2D eigenvalue weighted by Crippen LogP contribution is -2.10. The number of rotatable bonds is 6. The summed E-state index contributed by atoms with van der Waals surface area (Å²) in [4.78, 5) is 0.918. The minimum absolute atomic E-state index is 0.0544. The molecule has 8 heteroatoms. The highest BCUT2D eigenvalue weighted by molar-refractivity contribution is 7.94. The Morgan fingerprint density at radius 1 is 1.33 bits per heavy atom. The Bertz CT molecular complexity index is 515. The zero-order valence-corrected chi connectivity index (χ0v) is 12.2. The van der Waals surface area contributed by atoms with E-state index < -0.39 is 9.84 Å². The zero-order chi connectivity index (χ0) is 13.8. The van der Waals surface area contributed by atoms with Crippen LogP contribution < -0.4 is 0 Å². The molecule has 0 aliphatic carbocycles. The largest absolute Gasteiger partial charge is 0.224 e. The summed E-state index contributed by atoms with van der Waals surface area (Å²) in [6.45, 7) is 3.42. The van der Waals surface area contributed by atoms with E-state index in [1.54, 1.807) is 26.0 Å². The maximum absolute atomic E-state index is 11.9. The zero-order valence-electron chi connectivity index (χ0n) is 9.84. The third-order valence-electron chi connectivity index (χ3n) is 2.31. The Labute approximate surface area is 115 Å². The lowest BCUT2D eigenvalue weighted by atomic mass is 10.2. The van der Waals surface area contributed by atoms with Crippen LogP contribution in [-0.2, 0) is 19.2 Å². The summed E-state index contributed by atoms with van der Waals surface area (Å²) in [6.07, 6.45) is 0. The number of hydrogen-bond acceptors (Lipinski definition) is 6. The second-order valence-electron chi connectivity index (χ2n) is 3.62. The Morgan fingerprint density at radius 3 is 2.56 bits per heavy atom. The first-order valence-corrected chi connectivity index (χ1v) is 7.90. The molecule has 1 N–H and O–H groups in total. The first-order chi connectivity index (χ1) is 8.42. The fraction of sp³-hybridized carbons (Fsp3) is 0.400. The molecule has 0 heterocycles. The molecule has 102 valence electrons. The van der Waals surface area contributed by atoms with Gasteiger partial charge >= 0.3 is 0 Å². The summed E-state index contributed by atoms with van der Waals surface area (Å²) >= 11 is 6.28. The molecule has 0 bridgehead atoms.